The van der Waals surface area contributed by atoms with E-state index in [1.165, 1.54) is 13.3 Å². The Labute approximate surface area is 99.1 Å². The molecule has 0 aliphatic heterocycles. The number of nitrogens with zero attached hydrogens (tertiary/aromatic N) is 1. The Morgan fingerprint density at radius 3 is 2.71 bits per heavy atom. The number of carbonyl (C=O) groups is 2. The summed E-state index contributed by atoms with van der Waals surface area (Å²) in [7, 11) is 1.50. The summed E-state index contributed by atoms with van der Waals surface area (Å²) in [5, 5.41) is 22.1. The number of amides is 1. The van der Waals surface area contributed by atoms with Gasteiger partial charge in [0.1, 0.15) is 11.6 Å². The van der Waals surface area contributed by atoms with Crippen molar-refractivity contribution in [2.75, 3.05) is 26.8 Å². The van der Waals surface area contributed by atoms with Gasteiger partial charge in [0.2, 0.25) is 0 Å². The van der Waals surface area contributed by atoms with E-state index in [1.54, 1.807) is 6.07 Å². The largest absolute Gasteiger partial charge is 0.481 e. The SMILES string of the molecule is COCCNC(=O)/C(C#N)=C\NCCC(=O)O. The molecule has 0 saturated carbocycles. The van der Waals surface area contributed by atoms with Gasteiger partial charge in [-0.3, -0.25) is 9.59 Å². The first-order valence-corrected chi connectivity index (χ1v) is 4.94. The summed E-state index contributed by atoms with van der Waals surface area (Å²) in [6, 6.07) is 1.72. The molecule has 0 aliphatic carbocycles. The molecule has 3 N–H and O–H groups in total. The number of rotatable bonds is 8. The first kappa shape index (κ1) is 14.9. The molecule has 0 radical (unpaired) electrons. The van der Waals surface area contributed by atoms with Crippen LogP contribution in [0.15, 0.2) is 11.8 Å². The average molecular weight is 241 g/mol. The standard InChI is InChI=1S/C10H15N3O4/c1-17-5-4-13-10(16)8(6-11)7-12-3-2-9(14)15/h7,12H,2-5H2,1H3,(H,13,16)(H,14,15)/b8-7-. The second-order valence-electron chi connectivity index (χ2n) is 3.02. The summed E-state index contributed by atoms with van der Waals surface area (Å²) in [4.78, 5) is 21.6. The van der Waals surface area contributed by atoms with Crippen molar-refractivity contribution in [1.29, 1.82) is 5.26 Å². The molecular formula is C10H15N3O4. The maximum absolute atomic E-state index is 11.4. The molecule has 0 saturated heterocycles. The minimum Gasteiger partial charge on any atom is -0.481 e. The molecule has 0 aromatic heterocycles. The summed E-state index contributed by atoms with van der Waals surface area (Å²) in [6.45, 7) is 0.826. The van der Waals surface area contributed by atoms with Crippen LogP contribution in [0.2, 0.25) is 0 Å². The van der Waals surface area contributed by atoms with Crippen LogP contribution in [-0.4, -0.2) is 43.8 Å². The molecule has 0 bridgehead atoms. The van der Waals surface area contributed by atoms with Crippen LogP contribution in [0.5, 0.6) is 0 Å². The molecule has 7 heteroatoms. The summed E-state index contributed by atoms with van der Waals surface area (Å²) in [6.07, 6.45) is 1.12. The summed E-state index contributed by atoms with van der Waals surface area (Å²) < 4.78 is 4.73. The van der Waals surface area contributed by atoms with Gasteiger partial charge in [0, 0.05) is 26.4 Å². The first-order chi connectivity index (χ1) is 8.11. The lowest BCUT2D eigenvalue weighted by Crippen LogP contribution is -2.28. The Balaban J connectivity index is 4.04. The molecule has 0 aliphatic rings. The minimum absolute atomic E-state index is 0.0828. The van der Waals surface area contributed by atoms with Crippen LogP contribution in [0.3, 0.4) is 0 Å². The predicted octanol–water partition coefficient (Wildman–Crippen LogP) is -0.779. The molecule has 0 fully saturated rings. The predicted molar refractivity (Wildman–Crippen MR) is 58.8 cm³/mol. The molecule has 0 atom stereocenters. The molecule has 0 heterocycles. The van der Waals surface area contributed by atoms with Crippen molar-refractivity contribution in [2.24, 2.45) is 0 Å². The van der Waals surface area contributed by atoms with Gasteiger partial charge in [0.15, 0.2) is 0 Å². The van der Waals surface area contributed by atoms with Gasteiger partial charge < -0.3 is 20.5 Å². The number of ether oxygens (including phenoxy) is 1. The van der Waals surface area contributed by atoms with E-state index in [0.717, 1.165) is 0 Å². The highest BCUT2D eigenvalue weighted by atomic mass is 16.5. The van der Waals surface area contributed by atoms with E-state index < -0.39 is 11.9 Å². The Morgan fingerprint density at radius 2 is 2.18 bits per heavy atom. The van der Waals surface area contributed by atoms with Gasteiger partial charge in [-0.15, -0.1) is 0 Å². The molecule has 0 aromatic rings. The van der Waals surface area contributed by atoms with E-state index in [-0.39, 0.29) is 18.5 Å². The quantitative estimate of drug-likeness (QED) is 0.292. The van der Waals surface area contributed by atoms with E-state index in [4.69, 9.17) is 15.1 Å². The van der Waals surface area contributed by atoms with Crippen molar-refractivity contribution in [3.05, 3.63) is 11.8 Å². The van der Waals surface area contributed by atoms with Gasteiger partial charge in [0.05, 0.1) is 13.0 Å². The van der Waals surface area contributed by atoms with Crippen LogP contribution in [-0.2, 0) is 14.3 Å². The van der Waals surface area contributed by atoms with Crippen LogP contribution in [0.25, 0.3) is 0 Å². The zero-order valence-electron chi connectivity index (χ0n) is 9.52. The van der Waals surface area contributed by atoms with Gasteiger partial charge in [-0.1, -0.05) is 0 Å². The first-order valence-electron chi connectivity index (χ1n) is 4.94. The van der Waals surface area contributed by atoms with Crippen molar-refractivity contribution >= 4 is 11.9 Å². The number of nitrogens with one attached hydrogen (secondary N) is 2. The maximum atomic E-state index is 11.4. The molecule has 0 rings (SSSR count). The van der Waals surface area contributed by atoms with Gasteiger partial charge >= 0.3 is 5.97 Å². The number of aliphatic carboxylic acids is 1. The zero-order chi connectivity index (χ0) is 13.1. The Kier molecular flexibility index (Phi) is 8.06. The van der Waals surface area contributed by atoms with E-state index in [9.17, 15) is 9.59 Å². The topological polar surface area (TPSA) is 111 Å². The number of carboxylic acids is 1. The monoisotopic (exact) mass is 241 g/mol. The summed E-state index contributed by atoms with van der Waals surface area (Å²) >= 11 is 0. The molecule has 1 amide bonds. The van der Waals surface area contributed by atoms with Crippen molar-refractivity contribution in [2.45, 2.75) is 6.42 Å². The molecule has 0 spiro atoms. The van der Waals surface area contributed by atoms with Crippen LogP contribution in [0.4, 0.5) is 0 Å². The van der Waals surface area contributed by atoms with Crippen LogP contribution >= 0.6 is 0 Å². The third kappa shape index (κ3) is 7.81. The number of hydrogen-bond acceptors (Lipinski definition) is 5. The summed E-state index contributed by atoms with van der Waals surface area (Å²) in [5.74, 6) is -1.47. The van der Waals surface area contributed by atoms with Crippen molar-refractivity contribution < 1.29 is 19.4 Å². The summed E-state index contributed by atoms with van der Waals surface area (Å²) in [5.41, 5.74) is -0.105. The zero-order valence-corrected chi connectivity index (χ0v) is 9.52. The van der Waals surface area contributed by atoms with Crippen LogP contribution in [0.1, 0.15) is 6.42 Å². The fourth-order valence-corrected chi connectivity index (χ4v) is 0.864. The number of carboxylic acid groups (broad SMARTS) is 1. The second-order valence-corrected chi connectivity index (χ2v) is 3.02. The number of hydrogen-bond donors (Lipinski definition) is 3. The number of carbonyl (C=O) groups excluding carboxylic acids is 1. The Morgan fingerprint density at radius 1 is 1.47 bits per heavy atom. The fourth-order valence-electron chi connectivity index (χ4n) is 0.864. The van der Waals surface area contributed by atoms with E-state index >= 15 is 0 Å². The lowest BCUT2D eigenvalue weighted by Gasteiger charge is -2.03. The van der Waals surface area contributed by atoms with Gasteiger partial charge in [-0.05, 0) is 0 Å². The number of methoxy groups -OCH3 is 1. The van der Waals surface area contributed by atoms with Crippen LogP contribution in [0, 0.1) is 11.3 Å². The van der Waals surface area contributed by atoms with Crippen molar-refractivity contribution in [1.82, 2.24) is 10.6 Å². The smallest absolute Gasteiger partial charge is 0.305 e. The van der Waals surface area contributed by atoms with Crippen molar-refractivity contribution in [3.8, 4) is 6.07 Å². The number of nitriles is 1. The third-order valence-corrected chi connectivity index (χ3v) is 1.69. The Bertz CT molecular complexity index is 333. The normalized spacial score (nSPS) is 10.5. The van der Waals surface area contributed by atoms with Gasteiger partial charge in [0.25, 0.3) is 5.91 Å². The average Bonchev–Trinajstić information content (AvgIpc) is 2.29. The molecule has 7 nitrogen and oxygen atoms in total. The highest BCUT2D eigenvalue weighted by Crippen LogP contribution is 1.90. The minimum atomic E-state index is -0.950. The van der Waals surface area contributed by atoms with Crippen molar-refractivity contribution in [3.63, 3.8) is 0 Å². The molecule has 0 unspecified atom stereocenters. The van der Waals surface area contributed by atoms with E-state index in [0.29, 0.717) is 13.2 Å². The molecule has 17 heavy (non-hydrogen) atoms. The van der Waals surface area contributed by atoms with Crippen LogP contribution < -0.4 is 10.6 Å². The van der Waals surface area contributed by atoms with E-state index in [2.05, 4.69) is 10.6 Å². The highest BCUT2D eigenvalue weighted by molar-refractivity contribution is 5.97. The molecular weight excluding hydrogens is 226 g/mol. The fraction of sp³-hybridized carbons (Fsp3) is 0.500. The Hall–Kier alpha value is -2.07. The third-order valence-electron chi connectivity index (χ3n) is 1.69. The van der Waals surface area contributed by atoms with E-state index in [1.807, 2.05) is 0 Å². The molecule has 94 valence electrons. The molecule has 0 aromatic carbocycles. The lowest BCUT2D eigenvalue weighted by molar-refractivity contribution is -0.136. The maximum Gasteiger partial charge on any atom is 0.305 e. The lowest BCUT2D eigenvalue weighted by atomic mass is 10.3. The second kappa shape index (κ2) is 9.18. The van der Waals surface area contributed by atoms with Gasteiger partial charge in [-0.25, -0.2) is 0 Å². The highest BCUT2D eigenvalue weighted by Gasteiger charge is 2.07. The van der Waals surface area contributed by atoms with Gasteiger partial charge in [-0.2, -0.15) is 5.26 Å².